The van der Waals surface area contributed by atoms with Crippen molar-refractivity contribution in [3.63, 3.8) is 0 Å². The number of amides is 2. The maximum absolute atomic E-state index is 13.9. The summed E-state index contributed by atoms with van der Waals surface area (Å²) in [5.74, 6) is -3.30. The molecule has 0 radical (unpaired) electrons. The monoisotopic (exact) mass is 527 g/mol. The Morgan fingerprint density at radius 2 is 1.50 bits per heavy atom. The molecule has 4 rings (SSSR count). The van der Waals surface area contributed by atoms with E-state index in [0.29, 0.717) is 43.6 Å². The Labute approximate surface area is 218 Å². The van der Waals surface area contributed by atoms with Gasteiger partial charge >= 0.3 is 0 Å². The molecule has 2 amide bonds. The zero-order valence-corrected chi connectivity index (χ0v) is 21.0. The van der Waals surface area contributed by atoms with E-state index in [2.05, 4.69) is 15.6 Å². The Morgan fingerprint density at radius 3 is 2.11 bits per heavy atom. The highest BCUT2D eigenvalue weighted by molar-refractivity contribution is 5.97. The topological polar surface area (TPSA) is 89.6 Å². The van der Waals surface area contributed by atoms with Gasteiger partial charge in [0.2, 0.25) is 5.88 Å². The largest absolute Gasteiger partial charge is 0.494 e. The smallest absolute Gasteiger partial charge is 0.257 e. The van der Waals surface area contributed by atoms with Gasteiger partial charge < -0.3 is 20.1 Å². The summed E-state index contributed by atoms with van der Waals surface area (Å²) in [5.41, 5.74) is 1.23. The summed E-state index contributed by atoms with van der Waals surface area (Å²) in [6.45, 7) is 4.30. The van der Waals surface area contributed by atoms with E-state index < -0.39 is 23.4 Å². The predicted octanol–water partition coefficient (Wildman–Crippen LogP) is 5.47. The van der Waals surface area contributed by atoms with Crippen molar-refractivity contribution in [3.8, 4) is 17.4 Å². The molecule has 0 aliphatic heterocycles. The number of aryl methyl sites for hydroxylation is 1. The number of halogens is 3. The number of hydrogen-bond acceptors (Lipinski definition) is 5. The fourth-order valence-corrected chi connectivity index (χ4v) is 4.38. The average molecular weight is 528 g/mol. The van der Waals surface area contributed by atoms with Gasteiger partial charge in [-0.1, -0.05) is 0 Å². The van der Waals surface area contributed by atoms with E-state index in [9.17, 15) is 22.8 Å². The van der Waals surface area contributed by atoms with Gasteiger partial charge in [-0.25, -0.2) is 18.2 Å². The number of nitrogens with zero attached hydrogens (tertiary/aromatic N) is 1. The van der Waals surface area contributed by atoms with Crippen molar-refractivity contribution in [3.05, 3.63) is 82.8 Å². The van der Waals surface area contributed by atoms with E-state index in [1.54, 1.807) is 12.1 Å². The summed E-state index contributed by atoms with van der Waals surface area (Å²) in [7, 11) is 0. The third kappa shape index (κ3) is 6.62. The molecule has 0 spiro atoms. The van der Waals surface area contributed by atoms with Crippen molar-refractivity contribution in [1.29, 1.82) is 0 Å². The number of carbonyl (C=O) groups excluding carboxylic acids is 2. The molecule has 0 saturated heterocycles. The van der Waals surface area contributed by atoms with Crippen LogP contribution < -0.4 is 20.1 Å². The number of rotatable bonds is 8. The normalized spacial score (nSPS) is 17.0. The molecule has 7 nitrogen and oxygen atoms in total. The molecular formula is C28H28F3N3O4. The number of benzene rings is 2. The summed E-state index contributed by atoms with van der Waals surface area (Å²) in [6, 6.07) is 8.92. The van der Waals surface area contributed by atoms with Gasteiger partial charge in [0.05, 0.1) is 12.8 Å². The van der Waals surface area contributed by atoms with Crippen molar-refractivity contribution in [1.82, 2.24) is 15.6 Å². The minimum absolute atomic E-state index is 0.0512. The lowest BCUT2D eigenvalue weighted by molar-refractivity contribution is 0.0889. The Hall–Kier alpha value is -4.08. The minimum Gasteiger partial charge on any atom is -0.494 e. The van der Waals surface area contributed by atoms with Crippen LogP contribution in [0.4, 0.5) is 13.2 Å². The molecule has 0 atom stereocenters. The van der Waals surface area contributed by atoms with Crippen molar-refractivity contribution < 1.29 is 32.2 Å². The van der Waals surface area contributed by atoms with Gasteiger partial charge in [0, 0.05) is 23.7 Å². The van der Waals surface area contributed by atoms with Gasteiger partial charge in [-0.2, -0.15) is 0 Å². The molecule has 200 valence electrons. The van der Waals surface area contributed by atoms with Gasteiger partial charge in [-0.3, -0.25) is 9.59 Å². The molecule has 1 aliphatic rings. The van der Waals surface area contributed by atoms with Gasteiger partial charge in [0.1, 0.15) is 22.9 Å². The first-order chi connectivity index (χ1) is 18.2. The molecule has 2 N–H and O–H groups in total. The lowest BCUT2D eigenvalue weighted by Crippen LogP contribution is -2.44. The third-order valence-corrected chi connectivity index (χ3v) is 6.32. The highest BCUT2D eigenvalue weighted by Gasteiger charge is 2.26. The number of nitrogens with one attached hydrogen (secondary N) is 2. The van der Waals surface area contributed by atoms with Crippen molar-refractivity contribution in [2.24, 2.45) is 0 Å². The number of pyridine rings is 1. The minimum atomic E-state index is -1.13. The summed E-state index contributed by atoms with van der Waals surface area (Å²) < 4.78 is 51.6. The number of carbonyl (C=O) groups is 2. The fourth-order valence-electron chi connectivity index (χ4n) is 4.38. The molecule has 38 heavy (non-hydrogen) atoms. The molecule has 0 bridgehead atoms. The van der Waals surface area contributed by atoms with Crippen molar-refractivity contribution in [2.45, 2.75) is 51.6 Å². The molecule has 10 heteroatoms. The summed E-state index contributed by atoms with van der Waals surface area (Å²) in [6.07, 6.45) is 3.35. The Bertz CT molecular complexity index is 1330. The van der Waals surface area contributed by atoms with Gasteiger partial charge in [-0.05, 0) is 81.5 Å². The lowest BCUT2D eigenvalue weighted by atomic mass is 9.90. The van der Waals surface area contributed by atoms with E-state index in [0.717, 1.165) is 30.0 Å². The van der Waals surface area contributed by atoms with Crippen LogP contribution in [0.1, 0.15) is 58.9 Å². The number of aromatic nitrogens is 1. The second-order valence-electron chi connectivity index (χ2n) is 9.09. The molecule has 1 fully saturated rings. The third-order valence-electron chi connectivity index (χ3n) is 6.32. The van der Waals surface area contributed by atoms with Gasteiger partial charge in [0.25, 0.3) is 11.8 Å². The Kier molecular flexibility index (Phi) is 8.50. The fraction of sp³-hybridized carbons (Fsp3) is 0.321. The SMILES string of the molecule is CCOc1ccc(C(=O)NC2CCC(NC(=O)c3cc(F)cnc3Oc3ccc(F)c(F)c3)CC2)c(C)c1. The molecule has 1 heterocycles. The molecular weight excluding hydrogens is 499 g/mol. The lowest BCUT2D eigenvalue weighted by Gasteiger charge is -2.30. The van der Waals surface area contributed by atoms with Crippen LogP contribution in [0.5, 0.6) is 17.4 Å². The van der Waals surface area contributed by atoms with Crippen LogP contribution in [0.3, 0.4) is 0 Å². The molecule has 1 aliphatic carbocycles. The zero-order chi connectivity index (χ0) is 27.2. The van der Waals surface area contributed by atoms with Crippen molar-refractivity contribution in [2.75, 3.05) is 6.61 Å². The summed E-state index contributed by atoms with van der Waals surface area (Å²) in [5, 5.41) is 5.91. The average Bonchev–Trinajstić information content (AvgIpc) is 2.88. The van der Waals surface area contributed by atoms with Crippen LogP contribution in [0, 0.1) is 24.4 Å². The first-order valence-electron chi connectivity index (χ1n) is 12.4. The second-order valence-corrected chi connectivity index (χ2v) is 9.09. The van der Waals surface area contributed by atoms with E-state index in [1.807, 2.05) is 19.9 Å². The second kappa shape index (κ2) is 12.0. The molecule has 3 aromatic rings. The van der Waals surface area contributed by atoms with Crippen LogP contribution in [-0.4, -0.2) is 35.5 Å². The summed E-state index contributed by atoms with van der Waals surface area (Å²) >= 11 is 0. The molecule has 1 aromatic heterocycles. The highest BCUT2D eigenvalue weighted by atomic mass is 19.2. The van der Waals surface area contributed by atoms with E-state index in [-0.39, 0.29) is 35.2 Å². The standard InChI is InChI=1S/C28H28F3N3O4/c1-3-37-20-8-10-22(16(2)12-20)26(35)33-18-4-6-19(7-5-18)34-27(36)23-13-17(29)15-32-28(23)38-21-9-11-24(30)25(31)14-21/h8-15,18-19H,3-7H2,1-2H3,(H,33,35)(H,34,36). The zero-order valence-electron chi connectivity index (χ0n) is 21.0. The molecule has 1 saturated carbocycles. The van der Waals surface area contributed by atoms with E-state index in [1.165, 1.54) is 6.07 Å². The first-order valence-corrected chi connectivity index (χ1v) is 12.4. The van der Waals surface area contributed by atoms with E-state index in [4.69, 9.17) is 9.47 Å². The Morgan fingerprint density at radius 1 is 0.868 bits per heavy atom. The maximum Gasteiger partial charge on any atom is 0.257 e. The number of hydrogen-bond donors (Lipinski definition) is 2. The van der Waals surface area contributed by atoms with Gasteiger partial charge in [0.15, 0.2) is 11.6 Å². The Balaban J connectivity index is 1.34. The van der Waals surface area contributed by atoms with E-state index >= 15 is 0 Å². The summed E-state index contributed by atoms with van der Waals surface area (Å²) in [4.78, 5) is 29.5. The molecule has 0 unspecified atom stereocenters. The number of ether oxygens (including phenoxy) is 2. The van der Waals surface area contributed by atoms with Crippen LogP contribution in [-0.2, 0) is 0 Å². The van der Waals surface area contributed by atoms with Crippen LogP contribution in [0.25, 0.3) is 0 Å². The van der Waals surface area contributed by atoms with Crippen LogP contribution in [0.2, 0.25) is 0 Å². The highest BCUT2D eigenvalue weighted by Crippen LogP contribution is 2.26. The predicted molar refractivity (Wildman–Crippen MR) is 134 cm³/mol. The van der Waals surface area contributed by atoms with Crippen LogP contribution >= 0.6 is 0 Å². The van der Waals surface area contributed by atoms with Crippen molar-refractivity contribution >= 4 is 11.8 Å². The van der Waals surface area contributed by atoms with Crippen LogP contribution in [0.15, 0.2) is 48.7 Å². The van der Waals surface area contributed by atoms with Gasteiger partial charge in [-0.15, -0.1) is 0 Å². The molecule has 2 aromatic carbocycles. The maximum atomic E-state index is 13.9. The first kappa shape index (κ1) is 27.0. The quantitative estimate of drug-likeness (QED) is 0.406.